The molecule has 0 heterocycles. The predicted molar refractivity (Wildman–Crippen MR) is 372 cm³/mol. The summed E-state index contributed by atoms with van der Waals surface area (Å²) in [5.74, 6) is -1.38. The number of phosphoric ester groups is 2. The maximum Gasteiger partial charge on any atom is 0.472 e. The van der Waals surface area contributed by atoms with Crippen LogP contribution < -0.4 is 0 Å². The van der Waals surface area contributed by atoms with E-state index in [1.165, 1.54) is 167 Å². The van der Waals surface area contributed by atoms with Gasteiger partial charge in [0.25, 0.3) is 0 Å². The van der Waals surface area contributed by atoms with Gasteiger partial charge in [-0.25, -0.2) is 9.13 Å². The highest BCUT2D eigenvalue weighted by Crippen LogP contribution is 2.45. The maximum atomic E-state index is 13.0. The summed E-state index contributed by atoms with van der Waals surface area (Å²) >= 11 is 0. The maximum absolute atomic E-state index is 13.0. The third kappa shape index (κ3) is 64.9. The van der Waals surface area contributed by atoms with Crippen molar-refractivity contribution in [1.29, 1.82) is 0 Å². The van der Waals surface area contributed by atoms with Crippen LogP contribution in [0.15, 0.2) is 24.3 Å². The van der Waals surface area contributed by atoms with Gasteiger partial charge < -0.3 is 33.8 Å². The SMILES string of the molecule is CCCCCC/C=C\C=C/CCCCCCCC(=O)O[C@H](COC(=O)CCCCCCCCCCCCCCCCC)COP(=O)(O)OC[C@@H](O)COP(=O)(O)OC[C@@H](COC(=O)CCCCCCCCCCCC)OC(=O)CCCCCCCCCCC(C)CC. The number of hydrogen-bond acceptors (Lipinski definition) is 15. The van der Waals surface area contributed by atoms with Gasteiger partial charge >= 0.3 is 39.5 Å². The van der Waals surface area contributed by atoms with E-state index in [0.717, 1.165) is 109 Å². The molecule has 0 aliphatic carbocycles. The minimum atomic E-state index is -4.96. The first-order chi connectivity index (χ1) is 44.6. The van der Waals surface area contributed by atoms with Crippen molar-refractivity contribution in [3.8, 4) is 0 Å². The van der Waals surface area contributed by atoms with Crippen molar-refractivity contribution in [2.24, 2.45) is 5.92 Å². The van der Waals surface area contributed by atoms with E-state index in [9.17, 15) is 43.2 Å². The average molecular weight is 1350 g/mol. The van der Waals surface area contributed by atoms with Crippen molar-refractivity contribution >= 4 is 39.5 Å². The van der Waals surface area contributed by atoms with Crippen molar-refractivity contribution in [1.82, 2.24) is 0 Å². The first-order valence-corrected chi connectivity index (χ1v) is 40.5. The molecule has 0 saturated carbocycles. The van der Waals surface area contributed by atoms with Crippen LogP contribution in [-0.4, -0.2) is 96.7 Å². The van der Waals surface area contributed by atoms with Gasteiger partial charge in [0.05, 0.1) is 26.4 Å². The highest BCUT2D eigenvalue weighted by Gasteiger charge is 2.30. The molecule has 0 bridgehead atoms. The van der Waals surface area contributed by atoms with Crippen LogP contribution in [0.4, 0.5) is 0 Å². The molecule has 542 valence electrons. The number of hydrogen-bond donors (Lipinski definition) is 3. The minimum absolute atomic E-state index is 0.0856. The van der Waals surface area contributed by atoms with E-state index in [1.807, 2.05) is 0 Å². The molecule has 0 spiro atoms. The summed E-state index contributed by atoms with van der Waals surface area (Å²) in [4.78, 5) is 72.6. The van der Waals surface area contributed by atoms with Crippen LogP contribution >= 0.6 is 15.6 Å². The fourth-order valence-corrected chi connectivity index (χ4v) is 12.2. The summed E-state index contributed by atoms with van der Waals surface area (Å²) in [5.41, 5.74) is 0. The van der Waals surface area contributed by atoms with Gasteiger partial charge in [0.1, 0.15) is 19.3 Å². The number of aliphatic hydroxyl groups is 1. The second-order valence-corrected chi connectivity index (χ2v) is 28.8. The fraction of sp³-hybridized carbons (Fsp3) is 0.890. The zero-order chi connectivity index (χ0) is 67.7. The predicted octanol–water partition coefficient (Wildman–Crippen LogP) is 20.9. The van der Waals surface area contributed by atoms with Crippen LogP contribution in [0, 0.1) is 5.92 Å². The standard InChI is InChI=1S/C73H138O17P2/c1-6-10-13-16-19-22-25-27-29-31-33-36-42-47-52-57-71(76)84-62-68(89-72(77)58-53-48-43-37-34-32-30-28-26-23-20-17-14-11-7-2)64-87-91(79,80)85-60-67(74)61-86-92(81,82)88-65-69(63-83-70(75)56-51-46-41-35-24-21-18-15-12-8-3)90-73(78)59-54-49-44-39-38-40-45-50-55-66(5)9-4/h23,26,28,30,66-69,74H,6-22,24-25,27,29,31-65H2,1-5H3,(H,79,80)(H,81,82)/b26-23-,30-28-/t66?,67-,68-,69-/m1/s1. The van der Waals surface area contributed by atoms with E-state index in [4.69, 9.17) is 37.0 Å². The molecule has 92 heavy (non-hydrogen) atoms. The fourth-order valence-electron chi connectivity index (χ4n) is 10.6. The number of unbranched alkanes of at least 4 members (excludes halogenated alkanes) is 39. The van der Waals surface area contributed by atoms with Crippen molar-refractivity contribution in [3.05, 3.63) is 24.3 Å². The topological polar surface area (TPSA) is 237 Å². The summed E-state index contributed by atoms with van der Waals surface area (Å²) in [6.07, 6.45) is 56.1. The van der Waals surface area contributed by atoms with Gasteiger partial charge in [-0.3, -0.25) is 37.3 Å². The molecule has 0 aliphatic rings. The lowest BCUT2D eigenvalue weighted by atomic mass is 9.99. The number of esters is 4. The molecule has 0 rings (SSSR count). The van der Waals surface area contributed by atoms with Gasteiger partial charge in [0.2, 0.25) is 0 Å². The lowest BCUT2D eigenvalue weighted by Gasteiger charge is -2.21. The Morgan fingerprint density at radius 2 is 0.609 bits per heavy atom. The number of rotatable bonds is 71. The molecular weight excluding hydrogens is 1210 g/mol. The molecule has 0 saturated heterocycles. The van der Waals surface area contributed by atoms with Gasteiger partial charge in [-0.05, 0) is 57.3 Å². The summed E-state index contributed by atoms with van der Waals surface area (Å²) in [6, 6.07) is 0. The first-order valence-electron chi connectivity index (χ1n) is 37.5. The summed E-state index contributed by atoms with van der Waals surface area (Å²) in [7, 11) is -9.92. The van der Waals surface area contributed by atoms with Gasteiger partial charge in [-0.15, -0.1) is 0 Å². The minimum Gasteiger partial charge on any atom is -0.462 e. The molecule has 0 aromatic rings. The zero-order valence-corrected chi connectivity index (χ0v) is 61.0. The Labute approximate surface area is 561 Å². The Morgan fingerprint density at radius 1 is 0.348 bits per heavy atom. The molecule has 0 aromatic carbocycles. The molecule has 3 N–H and O–H groups in total. The van der Waals surface area contributed by atoms with Crippen LogP contribution in [0.3, 0.4) is 0 Å². The lowest BCUT2D eigenvalue weighted by molar-refractivity contribution is -0.161. The highest BCUT2D eigenvalue weighted by molar-refractivity contribution is 7.47. The Morgan fingerprint density at radius 3 is 0.924 bits per heavy atom. The molecule has 19 heteroatoms. The number of allylic oxidation sites excluding steroid dienone is 4. The van der Waals surface area contributed by atoms with E-state index in [-0.39, 0.29) is 25.7 Å². The van der Waals surface area contributed by atoms with Gasteiger partial charge in [0.15, 0.2) is 12.2 Å². The number of phosphoric acid groups is 2. The summed E-state index contributed by atoms with van der Waals surface area (Å²) in [5, 5.41) is 10.6. The van der Waals surface area contributed by atoms with Crippen LogP contribution in [0.25, 0.3) is 0 Å². The molecule has 0 radical (unpaired) electrons. The van der Waals surface area contributed by atoms with Crippen molar-refractivity contribution in [2.45, 2.75) is 374 Å². The largest absolute Gasteiger partial charge is 0.472 e. The number of ether oxygens (including phenoxy) is 4. The first kappa shape index (κ1) is 89.5. The summed E-state index contributed by atoms with van der Waals surface area (Å²) < 4.78 is 68.3. The highest BCUT2D eigenvalue weighted by atomic mass is 31.2. The molecule has 0 amide bonds. The number of carbonyl (C=O) groups is 4. The van der Waals surface area contributed by atoms with Crippen LogP contribution in [0.1, 0.15) is 356 Å². The Hall–Kier alpha value is -2.46. The van der Waals surface area contributed by atoms with E-state index in [0.29, 0.717) is 25.7 Å². The van der Waals surface area contributed by atoms with Crippen LogP contribution in [0.2, 0.25) is 0 Å². The number of aliphatic hydroxyl groups excluding tert-OH is 1. The van der Waals surface area contributed by atoms with Crippen molar-refractivity contribution in [2.75, 3.05) is 39.6 Å². The molecule has 3 unspecified atom stereocenters. The Bertz CT molecular complexity index is 1870. The molecule has 0 aliphatic heterocycles. The van der Waals surface area contributed by atoms with E-state index in [1.54, 1.807) is 0 Å². The second-order valence-electron chi connectivity index (χ2n) is 25.9. The monoisotopic (exact) mass is 1350 g/mol. The number of carbonyl (C=O) groups excluding carboxylic acids is 4. The molecule has 0 fully saturated rings. The van der Waals surface area contributed by atoms with Gasteiger partial charge in [0, 0.05) is 25.7 Å². The van der Waals surface area contributed by atoms with Crippen LogP contribution in [0.5, 0.6) is 0 Å². The Balaban J connectivity index is 5.29. The van der Waals surface area contributed by atoms with Gasteiger partial charge in [-0.2, -0.15) is 0 Å². The van der Waals surface area contributed by atoms with Crippen molar-refractivity contribution in [3.63, 3.8) is 0 Å². The normalized spacial score (nSPS) is 14.5. The van der Waals surface area contributed by atoms with Crippen molar-refractivity contribution < 1.29 is 80.2 Å². The van der Waals surface area contributed by atoms with E-state index < -0.39 is 97.5 Å². The van der Waals surface area contributed by atoms with E-state index >= 15 is 0 Å². The second kappa shape index (κ2) is 65.8. The quantitative estimate of drug-likeness (QED) is 0.0169. The summed E-state index contributed by atoms with van der Waals surface area (Å²) in [6.45, 7) is 7.19. The third-order valence-electron chi connectivity index (χ3n) is 16.8. The van der Waals surface area contributed by atoms with Gasteiger partial charge in [-0.1, -0.05) is 303 Å². The Kier molecular flexibility index (Phi) is 64.0. The molecule has 17 nitrogen and oxygen atoms in total. The zero-order valence-electron chi connectivity index (χ0n) is 59.2. The molecular formula is C73H138O17P2. The smallest absolute Gasteiger partial charge is 0.462 e. The molecule has 0 aromatic heterocycles. The van der Waals surface area contributed by atoms with Crippen LogP contribution in [-0.2, 0) is 65.4 Å². The average Bonchev–Trinajstić information content (AvgIpc) is 3.20. The molecule has 6 atom stereocenters. The van der Waals surface area contributed by atoms with E-state index in [2.05, 4.69) is 58.9 Å². The lowest BCUT2D eigenvalue weighted by Crippen LogP contribution is -2.30. The third-order valence-corrected chi connectivity index (χ3v) is 18.7.